The summed E-state index contributed by atoms with van der Waals surface area (Å²) in [5.41, 5.74) is 10.8. The van der Waals surface area contributed by atoms with E-state index >= 15 is 0 Å². The second kappa shape index (κ2) is 11.0. The number of nitrogens with two attached hydrogens (primary N) is 1. The molecule has 0 saturated carbocycles. The van der Waals surface area contributed by atoms with Crippen LogP contribution in [0.3, 0.4) is 0 Å². The average molecular weight is 504 g/mol. The van der Waals surface area contributed by atoms with E-state index in [1.807, 2.05) is 92.7 Å². The van der Waals surface area contributed by atoms with Crippen molar-refractivity contribution < 1.29 is 0 Å². The maximum atomic E-state index is 13.6. The number of fused-ring (bicyclic) bond motifs is 1. The minimum Gasteiger partial charge on any atom is -0.369 e. The SMILES string of the molecule is Cc1nc(N)nc(NCCCc2nc3cccc(C)c3c(=O)n2-c2ccccc2)c1/C=C/c1ccccn1. The van der Waals surface area contributed by atoms with Crippen molar-refractivity contribution >= 4 is 34.8 Å². The van der Waals surface area contributed by atoms with E-state index in [-0.39, 0.29) is 11.5 Å². The number of rotatable bonds is 8. The first-order valence-electron chi connectivity index (χ1n) is 12.5. The number of hydrogen-bond donors (Lipinski definition) is 2. The predicted molar refractivity (Wildman–Crippen MR) is 153 cm³/mol. The van der Waals surface area contributed by atoms with Crippen LogP contribution in [-0.4, -0.2) is 31.0 Å². The van der Waals surface area contributed by atoms with Gasteiger partial charge in [-0.15, -0.1) is 0 Å². The van der Waals surface area contributed by atoms with Gasteiger partial charge >= 0.3 is 0 Å². The fraction of sp³-hybridized carbons (Fsp3) is 0.167. The molecular weight excluding hydrogens is 474 g/mol. The number of aromatic nitrogens is 5. The van der Waals surface area contributed by atoms with E-state index in [0.717, 1.165) is 40.4 Å². The quantitative estimate of drug-likeness (QED) is 0.287. The third kappa shape index (κ3) is 5.29. The second-order valence-corrected chi connectivity index (χ2v) is 9.02. The number of nitrogens with zero attached hydrogens (tertiary/aromatic N) is 5. The minimum absolute atomic E-state index is 0.0524. The van der Waals surface area contributed by atoms with E-state index in [1.165, 1.54) is 0 Å². The Bertz CT molecular complexity index is 1660. The summed E-state index contributed by atoms with van der Waals surface area (Å²) in [5.74, 6) is 1.59. The molecule has 38 heavy (non-hydrogen) atoms. The molecule has 0 radical (unpaired) electrons. The Hall–Kier alpha value is -4.85. The molecular formula is C30H29N7O. The molecule has 0 saturated heterocycles. The smallest absolute Gasteiger partial charge is 0.266 e. The molecule has 0 atom stereocenters. The molecule has 2 aromatic carbocycles. The highest BCUT2D eigenvalue weighted by molar-refractivity contribution is 5.81. The summed E-state index contributed by atoms with van der Waals surface area (Å²) in [6, 6.07) is 21.2. The van der Waals surface area contributed by atoms with Gasteiger partial charge in [0.05, 0.1) is 28.0 Å². The lowest BCUT2D eigenvalue weighted by molar-refractivity contribution is 0.753. The maximum Gasteiger partial charge on any atom is 0.266 e. The average Bonchev–Trinajstić information content (AvgIpc) is 2.91. The maximum absolute atomic E-state index is 13.6. The van der Waals surface area contributed by atoms with Crippen LogP contribution in [0.15, 0.2) is 77.7 Å². The molecule has 8 nitrogen and oxygen atoms in total. The van der Waals surface area contributed by atoms with E-state index in [1.54, 1.807) is 10.8 Å². The molecule has 3 N–H and O–H groups in total. The van der Waals surface area contributed by atoms with Crippen LogP contribution < -0.4 is 16.6 Å². The van der Waals surface area contributed by atoms with Crippen molar-refractivity contribution in [3.05, 3.63) is 112 Å². The van der Waals surface area contributed by atoms with Crippen molar-refractivity contribution in [1.29, 1.82) is 0 Å². The lowest BCUT2D eigenvalue weighted by Crippen LogP contribution is -2.25. The molecule has 0 bridgehead atoms. The fourth-order valence-corrected chi connectivity index (χ4v) is 4.49. The third-order valence-electron chi connectivity index (χ3n) is 6.32. The van der Waals surface area contributed by atoms with Gasteiger partial charge in [-0.1, -0.05) is 36.4 Å². The molecule has 5 aromatic rings. The highest BCUT2D eigenvalue weighted by Crippen LogP contribution is 2.21. The van der Waals surface area contributed by atoms with Crippen LogP contribution in [0.2, 0.25) is 0 Å². The van der Waals surface area contributed by atoms with Crippen molar-refractivity contribution in [1.82, 2.24) is 24.5 Å². The Labute approximate surface area is 221 Å². The van der Waals surface area contributed by atoms with Gasteiger partial charge in [0.15, 0.2) is 0 Å². The highest BCUT2D eigenvalue weighted by Gasteiger charge is 2.14. The number of hydrogen-bond acceptors (Lipinski definition) is 7. The molecule has 8 heteroatoms. The van der Waals surface area contributed by atoms with Gasteiger partial charge in [-0.2, -0.15) is 4.98 Å². The summed E-state index contributed by atoms with van der Waals surface area (Å²) in [5, 5.41) is 4.05. The Morgan fingerprint density at radius 2 is 1.74 bits per heavy atom. The standard InChI is InChI=1S/C30H29N7O/c1-20-10-8-14-25-27(20)29(38)37(23-12-4-3-5-13-23)26(35-25)15-9-19-33-28-24(21(2)34-30(31)36-28)17-16-22-11-6-7-18-32-22/h3-8,10-14,16-18H,9,15,19H2,1-2H3,(H3,31,33,34,36)/b17-16+. The van der Waals surface area contributed by atoms with Gasteiger partial charge in [0.25, 0.3) is 5.56 Å². The topological polar surface area (TPSA) is 112 Å². The van der Waals surface area contributed by atoms with Gasteiger partial charge < -0.3 is 11.1 Å². The van der Waals surface area contributed by atoms with Gasteiger partial charge in [0, 0.05) is 24.7 Å². The lowest BCUT2D eigenvalue weighted by Gasteiger charge is -2.15. The van der Waals surface area contributed by atoms with Crippen LogP contribution >= 0.6 is 0 Å². The van der Waals surface area contributed by atoms with Crippen molar-refractivity contribution in [2.75, 3.05) is 17.6 Å². The van der Waals surface area contributed by atoms with Crippen molar-refractivity contribution in [3.63, 3.8) is 0 Å². The van der Waals surface area contributed by atoms with Gasteiger partial charge in [-0.25, -0.2) is 9.97 Å². The summed E-state index contributed by atoms with van der Waals surface area (Å²) < 4.78 is 1.73. The monoisotopic (exact) mass is 503 g/mol. The molecule has 0 unspecified atom stereocenters. The first-order valence-corrected chi connectivity index (χ1v) is 12.5. The summed E-state index contributed by atoms with van der Waals surface area (Å²) in [6.45, 7) is 4.46. The van der Waals surface area contributed by atoms with Crippen LogP contribution in [0.5, 0.6) is 0 Å². The normalized spacial score (nSPS) is 11.3. The molecule has 0 aliphatic rings. The minimum atomic E-state index is -0.0524. The van der Waals surface area contributed by atoms with E-state index in [2.05, 4.69) is 20.3 Å². The summed E-state index contributed by atoms with van der Waals surface area (Å²) in [7, 11) is 0. The Balaban J connectivity index is 1.39. The number of benzene rings is 2. The van der Waals surface area contributed by atoms with Crippen LogP contribution in [0, 0.1) is 13.8 Å². The lowest BCUT2D eigenvalue weighted by atomic mass is 10.1. The molecule has 0 aliphatic carbocycles. The van der Waals surface area contributed by atoms with Crippen molar-refractivity contribution in [3.8, 4) is 5.69 Å². The van der Waals surface area contributed by atoms with E-state index < -0.39 is 0 Å². The van der Waals surface area contributed by atoms with Gasteiger partial charge in [0.2, 0.25) is 5.95 Å². The molecule has 0 spiro atoms. The molecule has 0 amide bonds. The summed E-state index contributed by atoms with van der Waals surface area (Å²) >= 11 is 0. The largest absolute Gasteiger partial charge is 0.369 e. The van der Waals surface area contributed by atoms with Crippen LogP contribution in [-0.2, 0) is 6.42 Å². The highest BCUT2D eigenvalue weighted by atomic mass is 16.1. The zero-order chi connectivity index (χ0) is 26.5. The number of para-hydroxylation sites is 1. The molecule has 190 valence electrons. The van der Waals surface area contributed by atoms with Gasteiger partial charge in [-0.05, 0) is 68.3 Å². The summed E-state index contributed by atoms with van der Waals surface area (Å²) in [6.07, 6.45) is 6.94. The van der Waals surface area contributed by atoms with Crippen molar-refractivity contribution in [2.45, 2.75) is 26.7 Å². The molecule has 5 rings (SSSR count). The third-order valence-corrected chi connectivity index (χ3v) is 6.32. The zero-order valence-electron chi connectivity index (χ0n) is 21.4. The van der Waals surface area contributed by atoms with E-state index in [0.29, 0.717) is 29.7 Å². The number of pyridine rings is 1. The number of nitrogens with one attached hydrogen (secondary N) is 1. The summed E-state index contributed by atoms with van der Waals surface area (Å²) in [4.78, 5) is 31.6. The second-order valence-electron chi connectivity index (χ2n) is 9.02. The molecule has 3 heterocycles. The van der Waals surface area contributed by atoms with E-state index in [4.69, 9.17) is 10.7 Å². The van der Waals surface area contributed by atoms with Crippen LogP contribution in [0.1, 0.15) is 34.8 Å². The van der Waals surface area contributed by atoms with Crippen LogP contribution in [0.4, 0.5) is 11.8 Å². The Morgan fingerprint density at radius 3 is 2.53 bits per heavy atom. The Kier molecular flexibility index (Phi) is 7.21. The number of nitrogen functional groups attached to an aromatic ring is 1. The predicted octanol–water partition coefficient (Wildman–Crippen LogP) is 4.98. The van der Waals surface area contributed by atoms with E-state index in [9.17, 15) is 4.79 Å². The van der Waals surface area contributed by atoms with Crippen molar-refractivity contribution in [2.24, 2.45) is 0 Å². The van der Waals surface area contributed by atoms with Gasteiger partial charge in [0.1, 0.15) is 11.6 Å². The first kappa shape index (κ1) is 24.8. The van der Waals surface area contributed by atoms with Gasteiger partial charge in [-0.3, -0.25) is 14.3 Å². The number of anilines is 2. The first-order chi connectivity index (χ1) is 18.5. The molecule has 0 aliphatic heterocycles. The Morgan fingerprint density at radius 1 is 0.921 bits per heavy atom. The number of aryl methyl sites for hydroxylation is 3. The molecule has 0 fully saturated rings. The van der Waals surface area contributed by atoms with Crippen LogP contribution in [0.25, 0.3) is 28.7 Å². The fourth-order valence-electron chi connectivity index (χ4n) is 4.49. The zero-order valence-corrected chi connectivity index (χ0v) is 21.4. The molecule has 3 aromatic heterocycles.